The summed E-state index contributed by atoms with van der Waals surface area (Å²) >= 11 is 0. The average molecular weight is 505 g/mol. The zero-order chi connectivity index (χ0) is 25.7. The van der Waals surface area contributed by atoms with Crippen LogP contribution in [-0.4, -0.2) is 84.6 Å². The second-order valence-electron chi connectivity index (χ2n) is 9.88. The van der Waals surface area contributed by atoms with Crippen molar-refractivity contribution in [1.29, 1.82) is 0 Å². The van der Waals surface area contributed by atoms with Crippen LogP contribution in [0.1, 0.15) is 59.0 Å². The molecule has 3 aliphatic rings. The van der Waals surface area contributed by atoms with Crippen LogP contribution in [0.5, 0.6) is 0 Å². The lowest BCUT2D eigenvalue weighted by Gasteiger charge is -2.32. The molecule has 1 aliphatic carbocycles. The van der Waals surface area contributed by atoms with Crippen LogP contribution in [0, 0.1) is 0 Å². The Hall–Kier alpha value is -4.22. The van der Waals surface area contributed by atoms with Gasteiger partial charge in [-0.1, -0.05) is 12.8 Å². The molecule has 1 saturated carbocycles. The van der Waals surface area contributed by atoms with Gasteiger partial charge in [0.2, 0.25) is 5.95 Å². The Balaban J connectivity index is 1.20. The second kappa shape index (κ2) is 9.02. The van der Waals surface area contributed by atoms with E-state index in [-0.39, 0.29) is 29.9 Å². The molecule has 12 heteroatoms. The van der Waals surface area contributed by atoms with Gasteiger partial charge in [0, 0.05) is 44.0 Å². The van der Waals surface area contributed by atoms with Crippen molar-refractivity contribution >= 4 is 40.7 Å². The molecule has 2 saturated heterocycles. The number of carbonyl (C=O) groups is 3. The lowest BCUT2D eigenvalue weighted by Crippen LogP contribution is -2.50. The first-order valence-electron chi connectivity index (χ1n) is 12.6. The van der Waals surface area contributed by atoms with E-state index in [4.69, 9.17) is 4.98 Å². The lowest BCUT2D eigenvalue weighted by molar-refractivity contribution is 0.0612. The molecular weight excluding hydrogens is 476 g/mol. The maximum Gasteiger partial charge on any atom is 0.407 e. The van der Waals surface area contributed by atoms with Gasteiger partial charge < -0.3 is 30.1 Å². The molecule has 0 radical (unpaired) electrons. The molecule has 5 heterocycles. The minimum atomic E-state index is -0.933. The zero-order valence-corrected chi connectivity index (χ0v) is 20.4. The molecule has 3 N–H and O–H groups in total. The molecular formula is C25H28N8O4. The number of fused-ring (bicyclic) bond motifs is 3. The van der Waals surface area contributed by atoms with Gasteiger partial charge in [0.1, 0.15) is 17.2 Å². The molecule has 2 bridgehead atoms. The van der Waals surface area contributed by atoms with Crippen molar-refractivity contribution in [1.82, 2.24) is 34.6 Å². The molecule has 37 heavy (non-hydrogen) atoms. The van der Waals surface area contributed by atoms with E-state index in [2.05, 4.69) is 20.6 Å². The van der Waals surface area contributed by atoms with Crippen molar-refractivity contribution in [2.75, 3.05) is 25.5 Å². The Morgan fingerprint density at radius 3 is 2.41 bits per heavy atom. The first kappa shape index (κ1) is 23.2. The molecule has 0 spiro atoms. The Kier molecular flexibility index (Phi) is 5.65. The number of pyridine rings is 1. The fraction of sp³-hybridized carbons (Fsp3) is 0.440. The summed E-state index contributed by atoms with van der Waals surface area (Å²) in [5.74, 6) is 0.542. The smallest absolute Gasteiger partial charge is 0.407 e. The third-order valence-corrected chi connectivity index (χ3v) is 7.72. The third kappa shape index (κ3) is 4.02. The van der Waals surface area contributed by atoms with Crippen LogP contribution in [0.25, 0.3) is 11.0 Å². The number of piperazine rings is 1. The minimum absolute atomic E-state index is 0.0951. The van der Waals surface area contributed by atoms with E-state index >= 15 is 0 Å². The summed E-state index contributed by atoms with van der Waals surface area (Å²) in [6, 6.07) is 5.21. The van der Waals surface area contributed by atoms with Gasteiger partial charge in [-0.3, -0.25) is 9.59 Å². The topological polar surface area (TPSA) is 146 Å². The molecule has 0 aromatic carbocycles. The molecule has 3 aromatic rings. The predicted molar refractivity (Wildman–Crippen MR) is 134 cm³/mol. The van der Waals surface area contributed by atoms with Gasteiger partial charge in [0.05, 0.1) is 17.6 Å². The van der Waals surface area contributed by atoms with E-state index in [0.717, 1.165) is 31.1 Å². The Labute approximate surface area is 212 Å². The van der Waals surface area contributed by atoms with Crippen LogP contribution in [0.3, 0.4) is 0 Å². The van der Waals surface area contributed by atoms with Gasteiger partial charge in [-0.25, -0.2) is 14.8 Å². The number of likely N-dealkylation sites (tertiary alicyclic amines) is 2. The van der Waals surface area contributed by atoms with Crippen LogP contribution in [0.15, 0.2) is 30.6 Å². The highest BCUT2D eigenvalue weighted by atomic mass is 16.4. The second-order valence-corrected chi connectivity index (χ2v) is 9.88. The Bertz CT molecular complexity index is 1380. The monoisotopic (exact) mass is 504 g/mol. The standard InChI is InChI=1S/C25H28N8O4/c1-26-22(34)19-8-15-11-28-24(30-21(15)33(19)16-4-2-3-5-16)29-20-7-6-14(10-27-20)23(35)31-12-18-9-17(31)13-32(18)25(36)37/h6-8,10-11,16-18H,2-5,9,12-13H2,1H3,(H,26,34)(H,36,37)(H,27,28,29,30)/t17-,18-/m0/s1. The number of amides is 3. The number of hydrogen-bond donors (Lipinski definition) is 3. The van der Waals surface area contributed by atoms with E-state index in [0.29, 0.717) is 48.2 Å². The van der Waals surface area contributed by atoms with Crippen LogP contribution >= 0.6 is 0 Å². The number of carboxylic acid groups (broad SMARTS) is 1. The van der Waals surface area contributed by atoms with E-state index < -0.39 is 6.09 Å². The summed E-state index contributed by atoms with van der Waals surface area (Å²) in [5.41, 5.74) is 1.73. The van der Waals surface area contributed by atoms with Crippen molar-refractivity contribution in [3.05, 3.63) is 41.9 Å². The first-order valence-corrected chi connectivity index (χ1v) is 12.6. The molecule has 12 nitrogen and oxygen atoms in total. The molecule has 0 unspecified atom stereocenters. The highest BCUT2D eigenvalue weighted by molar-refractivity contribution is 5.98. The van der Waals surface area contributed by atoms with Crippen LogP contribution in [0.4, 0.5) is 16.6 Å². The van der Waals surface area contributed by atoms with Crippen molar-refractivity contribution < 1.29 is 19.5 Å². The normalized spacial score (nSPS) is 21.1. The first-order chi connectivity index (χ1) is 17.9. The summed E-state index contributed by atoms with van der Waals surface area (Å²) in [6.45, 7) is 0.755. The number of hydrogen-bond acceptors (Lipinski definition) is 7. The fourth-order valence-electron chi connectivity index (χ4n) is 5.93. The van der Waals surface area contributed by atoms with Crippen LogP contribution in [-0.2, 0) is 0 Å². The zero-order valence-electron chi connectivity index (χ0n) is 20.4. The summed E-state index contributed by atoms with van der Waals surface area (Å²) in [4.78, 5) is 53.5. The highest BCUT2D eigenvalue weighted by Gasteiger charge is 2.47. The number of rotatable bonds is 5. The molecule has 6 rings (SSSR count). The Morgan fingerprint density at radius 1 is 1.00 bits per heavy atom. The van der Waals surface area contributed by atoms with Gasteiger partial charge in [0.25, 0.3) is 11.8 Å². The summed E-state index contributed by atoms with van der Waals surface area (Å²) < 4.78 is 2.03. The molecule has 2 aliphatic heterocycles. The summed E-state index contributed by atoms with van der Waals surface area (Å²) in [5, 5.41) is 15.9. The third-order valence-electron chi connectivity index (χ3n) is 7.72. The predicted octanol–water partition coefficient (Wildman–Crippen LogP) is 2.62. The average Bonchev–Trinajstić information content (AvgIpc) is 3.71. The van der Waals surface area contributed by atoms with Gasteiger partial charge >= 0.3 is 6.09 Å². The quantitative estimate of drug-likeness (QED) is 0.481. The van der Waals surface area contributed by atoms with Crippen molar-refractivity contribution in [2.24, 2.45) is 0 Å². The molecule has 3 amide bonds. The minimum Gasteiger partial charge on any atom is -0.465 e. The van der Waals surface area contributed by atoms with E-state index in [1.54, 1.807) is 30.3 Å². The number of nitrogens with one attached hydrogen (secondary N) is 2. The largest absolute Gasteiger partial charge is 0.465 e. The number of carbonyl (C=O) groups excluding carboxylic acids is 2. The van der Waals surface area contributed by atoms with Gasteiger partial charge in [-0.2, -0.15) is 4.98 Å². The molecule has 3 aromatic heterocycles. The number of aromatic nitrogens is 4. The van der Waals surface area contributed by atoms with Gasteiger partial charge in [0.15, 0.2) is 0 Å². The summed E-state index contributed by atoms with van der Waals surface area (Å²) in [7, 11) is 1.62. The number of nitrogens with zero attached hydrogens (tertiary/aromatic N) is 6. The maximum absolute atomic E-state index is 13.0. The maximum atomic E-state index is 13.0. The van der Waals surface area contributed by atoms with E-state index in [1.165, 1.54) is 11.1 Å². The van der Waals surface area contributed by atoms with Crippen LogP contribution in [0.2, 0.25) is 0 Å². The molecule has 3 fully saturated rings. The lowest BCUT2D eigenvalue weighted by atomic mass is 10.2. The van der Waals surface area contributed by atoms with Gasteiger partial charge in [-0.05, 0) is 37.5 Å². The fourth-order valence-corrected chi connectivity index (χ4v) is 5.93. The van der Waals surface area contributed by atoms with Crippen LogP contribution < -0.4 is 10.6 Å². The molecule has 2 atom stereocenters. The molecule has 192 valence electrons. The van der Waals surface area contributed by atoms with Gasteiger partial charge in [-0.15, -0.1) is 0 Å². The Morgan fingerprint density at radius 2 is 1.76 bits per heavy atom. The van der Waals surface area contributed by atoms with Crippen molar-refractivity contribution in [3.63, 3.8) is 0 Å². The highest BCUT2D eigenvalue weighted by Crippen LogP contribution is 2.35. The van der Waals surface area contributed by atoms with E-state index in [9.17, 15) is 19.5 Å². The van der Waals surface area contributed by atoms with Crippen molar-refractivity contribution in [2.45, 2.75) is 50.2 Å². The summed E-state index contributed by atoms with van der Waals surface area (Å²) in [6.07, 6.45) is 7.21. The van der Waals surface area contributed by atoms with Crippen molar-refractivity contribution in [3.8, 4) is 0 Å². The van der Waals surface area contributed by atoms with E-state index in [1.807, 2.05) is 10.6 Å². The number of anilines is 2. The SMILES string of the molecule is CNC(=O)c1cc2cnc(Nc3ccc(C(=O)N4C[C@@H]5C[C@H]4CN5C(=O)O)cn3)nc2n1C1CCCC1.